The average molecular weight is 456 g/mol. The van der Waals surface area contributed by atoms with E-state index >= 15 is 0 Å². The average Bonchev–Trinajstić information content (AvgIpc) is 2.75. The number of benzene rings is 3. The van der Waals surface area contributed by atoms with E-state index in [-0.39, 0.29) is 33.2 Å². The van der Waals surface area contributed by atoms with Crippen LogP contribution in [0.4, 0.5) is 22.0 Å². The third-order valence-electron chi connectivity index (χ3n) is 6.04. The molecular weight excluding hydrogens is 435 g/mol. The first-order valence-electron chi connectivity index (χ1n) is 10.3. The van der Waals surface area contributed by atoms with Gasteiger partial charge in [0.1, 0.15) is 12.1 Å². The summed E-state index contributed by atoms with van der Waals surface area (Å²) in [6.07, 6.45) is -7.67. The minimum absolute atomic E-state index is 0.00956. The number of nitriles is 2. The summed E-state index contributed by atoms with van der Waals surface area (Å²) in [4.78, 5) is 0. The second-order valence-electron chi connectivity index (χ2n) is 8.58. The SMILES string of the molecule is CCC(C)(C)c1ccc2cc(C#N)c(C#N)c(-c3cc(CC(F)F)cc(C(F)(F)F)c3)c2c1. The number of hydrogen-bond donors (Lipinski definition) is 0. The molecule has 0 radical (unpaired) electrons. The molecule has 0 amide bonds. The molecule has 0 N–H and O–H groups in total. The zero-order valence-electron chi connectivity index (χ0n) is 18.3. The molecule has 0 bridgehead atoms. The maximum absolute atomic E-state index is 13.6. The van der Waals surface area contributed by atoms with Crippen molar-refractivity contribution in [2.75, 3.05) is 0 Å². The Morgan fingerprint density at radius 1 is 0.909 bits per heavy atom. The van der Waals surface area contributed by atoms with Gasteiger partial charge >= 0.3 is 6.18 Å². The quantitative estimate of drug-likeness (QED) is 0.368. The normalized spacial score (nSPS) is 12.1. The lowest BCUT2D eigenvalue weighted by molar-refractivity contribution is -0.137. The molecule has 0 aliphatic heterocycles. The first-order valence-corrected chi connectivity index (χ1v) is 10.3. The van der Waals surface area contributed by atoms with Gasteiger partial charge in [-0.15, -0.1) is 0 Å². The Balaban J connectivity index is 2.47. The third-order valence-corrected chi connectivity index (χ3v) is 6.04. The Hall–Kier alpha value is -3.45. The first kappa shape index (κ1) is 24.2. The molecule has 0 atom stereocenters. The van der Waals surface area contributed by atoms with E-state index in [4.69, 9.17) is 0 Å². The van der Waals surface area contributed by atoms with E-state index in [1.165, 1.54) is 12.1 Å². The highest BCUT2D eigenvalue weighted by Gasteiger charge is 2.32. The van der Waals surface area contributed by atoms with E-state index in [0.29, 0.717) is 16.8 Å². The van der Waals surface area contributed by atoms with E-state index in [1.807, 2.05) is 45.0 Å². The van der Waals surface area contributed by atoms with E-state index in [1.54, 1.807) is 6.07 Å². The Bertz CT molecular complexity index is 1290. The summed E-state index contributed by atoms with van der Waals surface area (Å²) in [5.41, 5.74) is -0.575. The van der Waals surface area contributed by atoms with Gasteiger partial charge in [0, 0.05) is 12.0 Å². The van der Waals surface area contributed by atoms with Crippen LogP contribution < -0.4 is 0 Å². The van der Waals surface area contributed by atoms with Crippen LogP contribution in [-0.4, -0.2) is 6.43 Å². The minimum atomic E-state index is -4.77. The van der Waals surface area contributed by atoms with Crippen molar-refractivity contribution in [3.8, 4) is 23.3 Å². The molecule has 3 rings (SSSR count). The summed E-state index contributed by atoms with van der Waals surface area (Å²) in [5.74, 6) is 0. The molecule has 0 saturated heterocycles. The molecule has 0 saturated carbocycles. The van der Waals surface area contributed by atoms with Gasteiger partial charge in [-0.1, -0.05) is 39.0 Å². The van der Waals surface area contributed by atoms with Gasteiger partial charge in [-0.05, 0) is 63.6 Å². The van der Waals surface area contributed by atoms with Crippen molar-refractivity contribution in [2.24, 2.45) is 0 Å². The fourth-order valence-corrected chi connectivity index (χ4v) is 3.82. The van der Waals surface area contributed by atoms with Gasteiger partial charge in [-0.3, -0.25) is 0 Å². The zero-order valence-corrected chi connectivity index (χ0v) is 18.3. The van der Waals surface area contributed by atoms with Crippen LogP contribution in [0.25, 0.3) is 21.9 Å². The summed E-state index contributed by atoms with van der Waals surface area (Å²) in [5, 5.41) is 20.5. The van der Waals surface area contributed by atoms with Gasteiger partial charge in [-0.2, -0.15) is 23.7 Å². The summed E-state index contributed by atoms with van der Waals surface area (Å²) in [6, 6.07) is 13.7. The van der Waals surface area contributed by atoms with Gasteiger partial charge in [-0.25, -0.2) is 8.78 Å². The van der Waals surface area contributed by atoms with Crippen molar-refractivity contribution in [1.82, 2.24) is 0 Å². The van der Waals surface area contributed by atoms with Gasteiger partial charge in [0.2, 0.25) is 6.43 Å². The van der Waals surface area contributed by atoms with E-state index in [0.717, 1.165) is 18.1 Å². The smallest absolute Gasteiger partial charge is 0.210 e. The Kier molecular flexibility index (Phi) is 6.47. The van der Waals surface area contributed by atoms with Crippen molar-refractivity contribution in [2.45, 2.75) is 51.6 Å². The molecule has 0 aliphatic carbocycles. The third kappa shape index (κ3) is 4.83. The monoisotopic (exact) mass is 456 g/mol. The van der Waals surface area contributed by atoms with Crippen molar-refractivity contribution < 1.29 is 22.0 Å². The lowest BCUT2D eigenvalue weighted by Crippen LogP contribution is -2.15. The summed E-state index contributed by atoms with van der Waals surface area (Å²) < 4.78 is 66.9. The van der Waals surface area contributed by atoms with Gasteiger partial charge in [0.25, 0.3) is 0 Å². The maximum atomic E-state index is 13.6. The molecule has 33 heavy (non-hydrogen) atoms. The van der Waals surface area contributed by atoms with Crippen molar-refractivity contribution in [3.63, 3.8) is 0 Å². The Morgan fingerprint density at radius 2 is 1.61 bits per heavy atom. The molecule has 2 nitrogen and oxygen atoms in total. The van der Waals surface area contributed by atoms with Crippen LogP contribution in [0.2, 0.25) is 0 Å². The van der Waals surface area contributed by atoms with Crippen LogP contribution in [-0.2, 0) is 18.0 Å². The number of rotatable bonds is 5. The van der Waals surface area contributed by atoms with Crippen LogP contribution in [0.15, 0.2) is 42.5 Å². The second-order valence-corrected chi connectivity index (χ2v) is 8.58. The van der Waals surface area contributed by atoms with Gasteiger partial charge in [0.05, 0.1) is 16.7 Å². The van der Waals surface area contributed by atoms with Crippen molar-refractivity contribution >= 4 is 10.8 Å². The predicted octanol–water partition coefficient (Wildman–Crippen LogP) is 7.76. The molecular formula is C26H21F5N2. The molecule has 170 valence electrons. The number of nitrogens with zero attached hydrogens (tertiary/aromatic N) is 2. The van der Waals surface area contributed by atoms with Gasteiger partial charge < -0.3 is 0 Å². The molecule has 3 aromatic rings. The molecule has 0 heterocycles. The molecule has 0 fully saturated rings. The number of halogens is 5. The second kappa shape index (κ2) is 8.83. The van der Waals surface area contributed by atoms with Crippen LogP contribution in [0.3, 0.4) is 0 Å². The highest BCUT2D eigenvalue weighted by atomic mass is 19.4. The maximum Gasteiger partial charge on any atom is 0.416 e. The molecule has 0 spiro atoms. The number of alkyl halides is 5. The van der Waals surface area contributed by atoms with Crippen LogP contribution in [0.5, 0.6) is 0 Å². The fraction of sp³-hybridized carbons (Fsp3) is 0.308. The van der Waals surface area contributed by atoms with Crippen LogP contribution >= 0.6 is 0 Å². The number of fused-ring (bicyclic) bond motifs is 1. The molecule has 0 aromatic heterocycles. The molecule has 3 aromatic carbocycles. The van der Waals surface area contributed by atoms with Crippen LogP contribution in [0, 0.1) is 22.7 Å². The summed E-state index contributed by atoms with van der Waals surface area (Å²) >= 11 is 0. The first-order chi connectivity index (χ1) is 15.4. The van der Waals surface area contributed by atoms with Gasteiger partial charge in [0.15, 0.2) is 0 Å². The van der Waals surface area contributed by atoms with Crippen LogP contribution in [0.1, 0.15) is 55.0 Å². The molecule has 7 heteroatoms. The van der Waals surface area contributed by atoms with Crippen molar-refractivity contribution in [1.29, 1.82) is 10.5 Å². The minimum Gasteiger partial charge on any atom is -0.210 e. The Morgan fingerprint density at radius 3 is 2.15 bits per heavy atom. The highest BCUT2D eigenvalue weighted by molar-refractivity contribution is 6.01. The fourth-order valence-electron chi connectivity index (χ4n) is 3.82. The van der Waals surface area contributed by atoms with E-state index < -0.39 is 24.6 Å². The van der Waals surface area contributed by atoms with Crippen molar-refractivity contribution in [3.05, 3.63) is 70.3 Å². The van der Waals surface area contributed by atoms with E-state index in [9.17, 15) is 32.5 Å². The topological polar surface area (TPSA) is 47.6 Å². The number of hydrogen-bond acceptors (Lipinski definition) is 2. The molecule has 0 unspecified atom stereocenters. The largest absolute Gasteiger partial charge is 0.416 e. The summed E-state index contributed by atoms with van der Waals surface area (Å²) in [7, 11) is 0. The lowest BCUT2D eigenvalue weighted by atomic mass is 9.80. The summed E-state index contributed by atoms with van der Waals surface area (Å²) in [6.45, 7) is 6.05. The van der Waals surface area contributed by atoms with E-state index in [2.05, 4.69) is 0 Å². The lowest BCUT2D eigenvalue weighted by Gasteiger charge is -2.24. The Labute approximate surface area is 188 Å². The highest BCUT2D eigenvalue weighted by Crippen LogP contribution is 2.40. The zero-order chi connectivity index (χ0) is 24.6. The molecule has 0 aliphatic rings. The predicted molar refractivity (Wildman–Crippen MR) is 117 cm³/mol. The standard InChI is InChI=1S/C26H21F5N2/c1-4-25(2,3)19-6-5-16-10-18(13-32)22(14-33)24(21(16)12-19)17-7-15(9-23(27)28)8-20(11-17)26(29,30)31/h5-8,10-12,23H,4,9H2,1-3H3.